The molecule has 0 saturated heterocycles. The van der Waals surface area contributed by atoms with E-state index in [9.17, 15) is 4.79 Å². The largest absolute Gasteiger partial charge is 0.347 e. The van der Waals surface area contributed by atoms with Crippen molar-refractivity contribution in [1.82, 2.24) is 10.3 Å². The third-order valence-corrected chi connectivity index (χ3v) is 2.20. The molecular weight excluding hydrogens is 184 g/mol. The van der Waals surface area contributed by atoms with Crippen LogP contribution in [0.1, 0.15) is 38.7 Å². The van der Waals surface area contributed by atoms with Crippen molar-refractivity contribution in [1.29, 1.82) is 0 Å². The molecule has 0 radical (unpaired) electrons. The molecule has 0 aliphatic rings. The minimum atomic E-state index is -0.0206. The molecule has 3 nitrogen and oxygen atoms in total. The molecule has 0 aromatic carbocycles. The highest BCUT2D eigenvalue weighted by molar-refractivity contribution is 7.09. The van der Waals surface area contributed by atoms with Crippen LogP contribution in [0, 0.1) is 0 Å². The standard InChI is InChI=1S/C7H10N2OS.C2H6/c1-5(9-6(2)10)7-8-3-4-11-7;1-2/h3-5H,1-2H3,(H,9,10);1-2H3. The number of hydrogen-bond acceptors (Lipinski definition) is 3. The van der Waals surface area contributed by atoms with Gasteiger partial charge in [0, 0.05) is 18.5 Å². The van der Waals surface area contributed by atoms with E-state index in [-0.39, 0.29) is 11.9 Å². The SMILES string of the molecule is CC.CC(=O)NC(C)c1nccs1. The molecule has 0 fully saturated rings. The van der Waals surface area contributed by atoms with E-state index in [1.165, 1.54) is 6.92 Å². The summed E-state index contributed by atoms with van der Waals surface area (Å²) in [7, 11) is 0. The molecule has 1 amide bonds. The van der Waals surface area contributed by atoms with Gasteiger partial charge in [-0.2, -0.15) is 0 Å². The fourth-order valence-electron chi connectivity index (χ4n) is 0.815. The highest BCUT2D eigenvalue weighted by Gasteiger charge is 2.07. The molecule has 1 N–H and O–H groups in total. The van der Waals surface area contributed by atoms with Gasteiger partial charge in [0.1, 0.15) is 5.01 Å². The van der Waals surface area contributed by atoms with Crippen molar-refractivity contribution in [2.75, 3.05) is 0 Å². The van der Waals surface area contributed by atoms with Gasteiger partial charge in [-0.25, -0.2) is 4.98 Å². The van der Waals surface area contributed by atoms with Crippen LogP contribution in [0.3, 0.4) is 0 Å². The number of carbonyl (C=O) groups excluding carboxylic acids is 1. The Bertz CT molecular complexity index is 234. The summed E-state index contributed by atoms with van der Waals surface area (Å²) in [5, 5.41) is 5.60. The molecule has 0 saturated carbocycles. The van der Waals surface area contributed by atoms with E-state index in [0.717, 1.165) is 5.01 Å². The first-order chi connectivity index (χ1) is 6.20. The first-order valence-corrected chi connectivity index (χ1v) is 5.24. The van der Waals surface area contributed by atoms with Gasteiger partial charge in [0.2, 0.25) is 5.91 Å². The average molecular weight is 200 g/mol. The van der Waals surface area contributed by atoms with Crippen LogP contribution < -0.4 is 5.32 Å². The van der Waals surface area contributed by atoms with E-state index >= 15 is 0 Å². The highest BCUT2D eigenvalue weighted by Crippen LogP contribution is 2.13. The van der Waals surface area contributed by atoms with Crippen molar-refractivity contribution in [2.24, 2.45) is 0 Å². The molecule has 0 spiro atoms. The number of amides is 1. The lowest BCUT2D eigenvalue weighted by Gasteiger charge is -2.07. The maximum atomic E-state index is 10.6. The Balaban J connectivity index is 0.000000671. The lowest BCUT2D eigenvalue weighted by Crippen LogP contribution is -2.23. The second-order valence-corrected chi connectivity index (χ2v) is 3.22. The van der Waals surface area contributed by atoms with E-state index in [0.29, 0.717) is 0 Å². The molecule has 1 unspecified atom stereocenters. The third-order valence-electron chi connectivity index (χ3n) is 1.24. The zero-order valence-corrected chi connectivity index (χ0v) is 9.31. The number of thiazole rings is 1. The molecule has 1 rings (SSSR count). The van der Waals surface area contributed by atoms with Crippen LogP contribution in [-0.2, 0) is 4.79 Å². The van der Waals surface area contributed by atoms with E-state index in [2.05, 4.69) is 10.3 Å². The number of aromatic nitrogens is 1. The molecule has 1 atom stereocenters. The zero-order chi connectivity index (χ0) is 10.3. The molecule has 13 heavy (non-hydrogen) atoms. The second kappa shape index (κ2) is 6.60. The summed E-state index contributed by atoms with van der Waals surface area (Å²) in [4.78, 5) is 14.7. The Labute approximate surface area is 83.2 Å². The topological polar surface area (TPSA) is 42.0 Å². The smallest absolute Gasteiger partial charge is 0.217 e. The lowest BCUT2D eigenvalue weighted by molar-refractivity contribution is -0.119. The van der Waals surface area contributed by atoms with Gasteiger partial charge in [0.05, 0.1) is 6.04 Å². The summed E-state index contributed by atoms with van der Waals surface area (Å²) in [6, 6.07) is 0.0347. The summed E-state index contributed by atoms with van der Waals surface area (Å²) in [6.07, 6.45) is 1.73. The number of nitrogens with zero attached hydrogens (tertiary/aromatic N) is 1. The van der Waals surface area contributed by atoms with Gasteiger partial charge < -0.3 is 5.32 Å². The number of rotatable bonds is 2. The summed E-state index contributed by atoms with van der Waals surface area (Å²) in [6.45, 7) is 7.42. The normalized spacial score (nSPS) is 11.1. The van der Waals surface area contributed by atoms with Gasteiger partial charge in [0.15, 0.2) is 0 Å². The number of carbonyl (C=O) groups is 1. The van der Waals surface area contributed by atoms with Gasteiger partial charge in [0.25, 0.3) is 0 Å². The Morgan fingerprint density at radius 3 is 2.62 bits per heavy atom. The Hall–Kier alpha value is -0.900. The van der Waals surface area contributed by atoms with E-state index in [1.54, 1.807) is 17.5 Å². The molecule has 0 aliphatic heterocycles. The van der Waals surface area contributed by atoms with Crippen molar-refractivity contribution < 1.29 is 4.79 Å². The number of hydrogen-bond donors (Lipinski definition) is 1. The van der Waals surface area contributed by atoms with E-state index < -0.39 is 0 Å². The molecular formula is C9H16N2OS. The van der Waals surface area contributed by atoms with E-state index in [1.807, 2.05) is 26.2 Å². The summed E-state index contributed by atoms with van der Waals surface area (Å²) in [5.41, 5.74) is 0. The van der Waals surface area contributed by atoms with Crippen LogP contribution in [0.2, 0.25) is 0 Å². The molecule has 0 aliphatic carbocycles. The fraction of sp³-hybridized carbons (Fsp3) is 0.556. The first-order valence-electron chi connectivity index (χ1n) is 4.36. The average Bonchev–Trinajstić information content (AvgIpc) is 2.58. The first kappa shape index (κ1) is 12.1. The van der Waals surface area contributed by atoms with Crippen LogP contribution in [0.4, 0.5) is 0 Å². The quantitative estimate of drug-likeness (QED) is 0.796. The van der Waals surface area contributed by atoms with Crippen molar-refractivity contribution >= 4 is 17.2 Å². The maximum absolute atomic E-state index is 10.6. The van der Waals surface area contributed by atoms with E-state index in [4.69, 9.17) is 0 Å². The molecule has 4 heteroatoms. The van der Waals surface area contributed by atoms with Crippen LogP contribution in [0.25, 0.3) is 0 Å². The second-order valence-electron chi connectivity index (χ2n) is 2.29. The summed E-state index contributed by atoms with van der Waals surface area (Å²) < 4.78 is 0. The van der Waals surface area contributed by atoms with Crippen LogP contribution >= 0.6 is 11.3 Å². The fourth-order valence-corrected chi connectivity index (χ4v) is 1.46. The van der Waals surface area contributed by atoms with Crippen LogP contribution in [0.15, 0.2) is 11.6 Å². The predicted octanol–water partition coefficient (Wildman–Crippen LogP) is 2.37. The molecule has 0 bridgehead atoms. The zero-order valence-electron chi connectivity index (χ0n) is 8.50. The third kappa shape index (κ3) is 4.62. The molecule has 74 valence electrons. The van der Waals surface area contributed by atoms with Gasteiger partial charge in [-0.15, -0.1) is 11.3 Å². The Kier molecular flexibility index (Phi) is 6.14. The van der Waals surface area contributed by atoms with Gasteiger partial charge in [-0.1, -0.05) is 13.8 Å². The van der Waals surface area contributed by atoms with Crippen LogP contribution in [0.5, 0.6) is 0 Å². The van der Waals surface area contributed by atoms with Gasteiger partial charge >= 0.3 is 0 Å². The summed E-state index contributed by atoms with van der Waals surface area (Å²) >= 11 is 1.55. The van der Waals surface area contributed by atoms with Crippen molar-refractivity contribution in [3.63, 3.8) is 0 Å². The maximum Gasteiger partial charge on any atom is 0.217 e. The van der Waals surface area contributed by atoms with Crippen molar-refractivity contribution in [2.45, 2.75) is 33.7 Å². The molecule has 1 aromatic heterocycles. The Morgan fingerprint density at radius 2 is 2.23 bits per heavy atom. The van der Waals surface area contributed by atoms with Gasteiger partial charge in [-0.05, 0) is 6.92 Å². The van der Waals surface area contributed by atoms with Gasteiger partial charge in [-0.3, -0.25) is 4.79 Å². The predicted molar refractivity (Wildman–Crippen MR) is 55.7 cm³/mol. The molecule has 1 heterocycles. The van der Waals surface area contributed by atoms with Crippen LogP contribution in [-0.4, -0.2) is 10.9 Å². The monoisotopic (exact) mass is 200 g/mol. The lowest BCUT2D eigenvalue weighted by atomic mass is 10.3. The minimum Gasteiger partial charge on any atom is -0.347 e. The minimum absolute atomic E-state index is 0.0206. The summed E-state index contributed by atoms with van der Waals surface area (Å²) in [5.74, 6) is -0.0206. The highest BCUT2D eigenvalue weighted by atomic mass is 32.1. The molecule has 1 aromatic rings. The van der Waals surface area contributed by atoms with Crippen molar-refractivity contribution in [3.8, 4) is 0 Å². The van der Waals surface area contributed by atoms with Crippen molar-refractivity contribution in [3.05, 3.63) is 16.6 Å². The number of nitrogens with one attached hydrogen (secondary N) is 1. The Morgan fingerprint density at radius 1 is 1.62 bits per heavy atom.